The summed E-state index contributed by atoms with van der Waals surface area (Å²) in [6.07, 6.45) is 6.77. The highest BCUT2D eigenvalue weighted by atomic mass is 32.1. The van der Waals surface area contributed by atoms with Crippen LogP contribution in [-0.4, -0.2) is 40.6 Å². The van der Waals surface area contributed by atoms with Gasteiger partial charge in [-0.3, -0.25) is 4.98 Å². The molecule has 6 rings (SSSR count). The molecule has 1 aliphatic carbocycles. The molecule has 4 fully saturated rings. The summed E-state index contributed by atoms with van der Waals surface area (Å²) in [5.41, 5.74) is 0.978. The third-order valence-corrected chi connectivity index (χ3v) is 6.25. The van der Waals surface area contributed by atoms with E-state index in [1.807, 2.05) is 30.6 Å². The van der Waals surface area contributed by atoms with Gasteiger partial charge in [0.05, 0.1) is 16.8 Å². The maximum Gasteiger partial charge on any atom is 0.274 e. The molecule has 2 aromatic rings. The first kappa shape index (κ1) is 13.0. The maximum absolute atomic E-state index is 6.35. The van der Waals surface area contributed by atoms with E-state index in [1.165, 1.54) is 32.5 Å². The minimum Gasteiger partial charge on any atom is -0.466 e. The molecule has 0 amide bonds. The summed E-state index contributed by atoms with van der Waals surface area (Å²) in [4.78, 5) is 12.6. The Morgan fingerprint density at radius 3 is 2.68 bits per heavy atom. The fraction of sp³-hybridized carbons (Fsp3) is 0.529. The molecular weight excluding hydrogens is 294 g/mol. The van der Waals surface area contributed by atoms with Crippen molar-refractivity contribution in [2.45, 2.75) is 18.9 Å². The lowest BCUT2D eigenvalue weighted by Crippen LogP contribution is -2.61. The minimum absolute atomic E-state index is 0.371. The topological polar surface area (TPSA) is 38.2 Å². The Labute approximate surface area is 134 Å². The van der Waals surface area contributed by atoms with E-state index in [9.17, 15) is 0 Å². The number of hydrogen-bond donors (Lipinski definition) is 0. The van der Waals surface area contributed by atoms with E-state index < -0.39 is 0 Å². The lowest BCUT2D eigenvalue weighted by atomic mass is 9.66. The monoisotopic (exact) mass is 313 g/mol. The molecule has 2 atom stereocenters. The van der Waals surface area contributed by atoms with Crippen molar-refractivity contribution >= 4 is 11.3 Å². The van der Waals surface area contributed by atoms with Crippen molar-refractivity contribution < 1.29 is 4.74 Å². The zero-order valence-corrected chi connectivity index (χ0v) is 13.2. The van der Waals surface area contributed by atoms with Crippen LogP contribution in [0.5, 0.6) is 5.19 Å². The number of ether oxygens (including phenoxy) is 1. The molecule has 4 nitrogen and oxygen atoms in total. The summed E-state index contributed by atoms with van der Waals surface area (Å²) in [6, 6.07) is 5.97. The van der Waals surface area contributed by atoms with Gasteiger partial charge in [0.1, 0.15) is 6.10 Å². The van der Waals surface area contributed by atoms with Gasteiger partial charge in [0, 0.05) is 37.7 Å². The van der Waals surface area contributed by atoms with Gasteiger partial charge in [0.2, 0.25) is 0 Å². The highest BCUT2D eigenvalue weighted by Gasteiger charge is 2.48. The summed E-state index contributed by atoms with van der Waals surface area (Å²) < 4.78 is 6.35. The highest BCUT2D eigenvalue weighted by Crippen LogP contribution is 2.45. The predicted octanol–water partition coefficient (Wildman–Crippen LogP) is 2.92. The second-order valence-electron chi connectivity index (χ2n) is 6.86. The van der Waals surface area contributed by atoms with Crippen molar-refractivity contribution in [2.24, 2.45) is 17.8 Å². The van der Waals surface area contributed by atoms with Crippen LogP contribution in [0.3, 0.4) is 0 Å². The number of nitrogens with zero attached hydrogens (tertiary/aromatic N) is 3. The van der Waals surface area contributed by atoms with Gasteiger partial charge in [-0.05, 0) is 30.9 Å². The lowest BCUT2D eigenvalue weighted by molar-refractivity contribution is -0.0985. The van der Waals surface area contributed by atoms with E-state index in [0.717, 1.165) is 21.7 Å². The molecule has 114 valence electrons. The molecule has 4 aliphatic rings. The number of thiazole rings is 1. The van der Waals surface area contributed by atoms with E-state index in [2.05, 4.69) is 14.9 Å². The molecular formula is C17H19N3OS. The van der Waals surface area contributed by atoms with E-state index in [-0.39, 0.29) is 0 Å². The van der Waals surface area contributed by atoms with Crippen LogP contribution in [0, 0.1) is 17.8 Å². The predicted molar refractivity (Wildman–Crippen MR) is 85.9 cm³/mol. The van der Waals surface area contributed by atoms with Crippen LogP contribution in [0.25, 0.3) is 10.6 Å². The molecule has 0 spiro atoms. The van der Waals surface area contributed by atoms with Gasteiger partial charge in [-0.2, -0.15) is 0 Å². The molecule has 4 bridgehead atoms. The Kier molecular flexibility index (Phi) is 2.98. The van der Waals surface area contributed by atoms with Gasteiger partial charge in [-0.1, -0.05) is 17.4 Å². The quantitative estimate of drug-likeness (QED) is 0.873. The Hall–Kier alpha value is -1.46. The molecule has 2 aromatic heterocycles. The first-order valence-corrected chi connectivity index (χ1v) is 8.93. The molecule has 5 heteroatoms. The summed E-state index contributed by atoms with van der Waals surface area (Å²) >= 11 is 1.62. The summed E-state index contributed by atoms with van der Waals surface area (Å²) in [6.45, 7) is 3.76. The second kappa shape index (κ2) is 5.03. The van der Waals surface area contributed by atoms with Crippen LogP contribution in [0.2, 0.25) is 0 Å². The lowest BCUT2D eigenvalue weighted by Gasteiger charge is -2.55. The van der Waals surface area contributed by atoms with Gasteiger partial charge >= 0.3 is 0 Å². The van der Waals surface area contributed by atoms with Gasteiger partial charge in [-0.25, -0.2) is 4.98 Å². The number of aromatic nitrogens is 2. The van der Waals surface area contributed by atoms with Gasteiger partial charge in [-0.15, -0.1) is 0 Å². The Balaban J connectivity index is 1.35. The molecule has 0 aromatic carbocycles. The van der Waals surface area contributed by atoms with Crippen LogP contribution in [0.15, 0.2) is 30.6 Å². The second-order valence-corrected chi connectivity index (χ2v) is 7.86. The molecule has 0 N–H and O–H groups in total. The molecule has 5 heterocycles. The first-order valence-electron chi connectivity index (χ1n) is 8.11. The zero-order valence-electron chi connectivity index (χ0n) is 12.4. The van der Waals surface area contributed by atoms with Gasteiger partial charge in [0.25, 0.3) is 5.19 Å². The van der Waals surface area contributed by atoms with Crippen molar-refractivity contribution in [1.82, 2.24) is 14.9 Å². The summed E-state index contributed by atoms with van der Waals surface area (Å²) in [5.74, 6) is 2.32. The van der Waals surface area contributed by atoms with Crippen molar-refractivity contribution in [3.63, 3.8) is 0 Å². The Morgan fingerprint density at radius 2 is 1.95 bits per heavy atom. The molecule has 0 radical (unpaired) electrons. The third kappa shape index (κ3) is 2.15. The zero-order chi connectivity index (χ0) is 14.5. The van der Waals surface area contributed by atoms with E-state index in [4.69, 9.17) is 4.74 Å². The van der Waals surface area contributed by atoms with Crippen LogP contribution >= 0.6 is 11.3 Å². The maximum atomic E-state index is 6.35. The molecule has 2 unspecified atom stereocenters. The van der Waals surface area contributed by atoms with Crippen molar-refractivity contribution in [2.75, 3.05) is 19.6 Å². The Bertz CT molecular complexity index is 644. The number of rotatable bonds is 3. The van der Waals surface area contributed by atoms with E-state index in [0.29, 0.717) is 17.9 Å². The van der Waals surface area contributed by atoms with E-state index in [1.54, 1.807) is 11.3 Å². The molecule has 1 saturated carbocycles. The fourth-order valence-electron chi connectivity index (χ4n) is 4.61. The summed E-state index contributed by atoms with van der Waals surface area (Å²) in [7, 11) is 0. The smallest absolute Gasteiger partial charge is 0.274 e. The first-order chi connectivity index (χ1) is 10.8. The average Bonchev–Trinajstić information content (AvgIpc) is 3.00. The molecule has 22 heavy (non-hydrogen) atoms. The average molecular weight is 313 g/mol. The number of hydrogen-bond acceptors (Lipinski definition) is 5. The van der Waals surface area contributed by atoms with Crippen LogP contribution in [-0.2, 0) is 0 Å². The number of piperidine rings is 3. The SMILES string of the molecule is c1ccc(-c2cnc(OC3C4CC5CC3CN(C5)C4)s2)nc1. The van der Waals surface area contributed by atoms with E-state index >= 15 is 0 Å². The van der Waals surface area contributed by atoms with Crippen LogP contribution in [0.1, 0.15) is 12.8 Å². The number of pyridine rings is 1. The molecule has 3 saturated heterocycles. The van der Waals surface area contributed by atoms with Crippen molar-refractivity contribution in [1.29, 1.82) is 0 Å². The Morgan fingerprint density at radius 1 is 1.09 bits per heavy atom. The third-order valence-electron chi connectivity index (χ3n) is 5.34. The van der Waals surface area contributed by atoms with Crippen molar-refractivity contribution in [3.8, 4) is 15.8 Å². The minimum atomic E-state index is 0.371. The summed E-state index contributed by atoms with van der Waals surface area (Å²) in [5, 5.41) is 0.813. The normalized spacial score (nSPS) is 35.7. The van der Waals surface area contributed by atoms with Gasteiger partial charge in [0.15, 0.2) is 0 Å². The largest absolute Gasteiger partial charge is 0.466 e. The van der Waals surface area contributed by atoms with Crippen LogP contribution < -0.4 is 4.74 Å². The van der Waals surface area contributed by atoms with Gasteiger partial charge < -0.3 is 9.64 Å². The van der Waals surface area contributed by atoms with Crippen molar-refractivity contribution in [3.05, 3.63) is 30.6 Å². The molecule has 3 aliphatic heterocycles. The highest BCUT2D eigenvalue weighted by molar-refractivity contribution is 7.16. The van der Waals surface area contributed by atoms with Crippen LogP contribution in [0.4, 0.5) is 0 Å². The fourth-order valence-corrected chi connectivity index (χ4v) is 5.40. The standard InChI is InChI=1S/C17H19N3OS/c1-2-4-18-14(3-1)15-7-19-17(22-15)21-16-12-5-11-6-13(16)10-20(8-11)9-12/h1-4,7,11-13,16H,5-6,8-10H2.